The summed E-state index contributed by atoms with van der Waals surface area (Å²) in [7, 11) is 0. The lowest BCUT2D eigenvalue weighted by Gasteiger charge is -2.36. The van der Waals surface area contributed by atoms with E-state index in [4.69, 9.17) is 4.74 Å². The average molecular weight is 268 g/mol. The molecule has 0 amide bonds. The summed E-state index contributed by atoms with van der Waals surface area (Å²) in [6, 6.07) is 9.72. The van der Waals surface area contributed by atoms with Crippen molar-refractivity contribution in [2.75, 3.05) is 6.61 Å². The van der Waals surface area contributed by atoms with E-state index in [1.165, 1.54) is 5.56 Å². The lowest BCUT2D eigenvalue weighted by molar-refractivity contribution is 0.0849. The van der Waals surface area contributed by atoms with Crippen molar-refractivity contribution in [3.05, 3.63) is 47.0 Å². The Morgan fingerprint density at radius 3 is 2.55 bits per heavy atom. The molecule has 0 bridgehead atoms. The van der Waals surface area contributed by atoms with Crippen molar-refractivity contribution < 1.29 is 14.9 Å². The predicted molar refractivity (Wildman–Crippen MR) is 76.0 cm³/mol. The summed E-state index contributed by atoms with van der Waals surface area (Å²) in [4.78, 5) is 0. The maximum atomic E-state index is 10.4. The third-order valence-corrected chi connectivity index (χ3v) is 4.59. The molecule has 2 unspecified atom stereocenters. The number of fused-ring (bicyclic) bond motifs is 4. The van der Waals surface area contributed by atoms with E-state index in [-0.39, 0.29) is 17.6 Å². The fourth-order valence-corrected chi connectivity index (χ4v) is 3.69. The normalized spacial score (nSPS) is 23.1. The van der Waals surface area contributed by atoms with Crippen molar-refractivity contribution in [3.8, 4) is 22.6 Å². The Labute approximate surface area is 117 Å². The number of hydrogen-bond donors (Lipinski definition) is 2. The smallest absolute Gasteiger partial charge is 0.166 e. The van der Waals surface area contributed by atoms with Gasteiger partial charge in [-0.15, -0.1) is 0 Å². The highest BCUT2D eigenvalue weighted by Gasteiger charge is 2.47. The van der Waals surface area contributed by atoms with Crippen LogP contribution in [0, 0.1) is 6.92 Å². The van der Waals surface area contributed by atoms with Crippen molar-refractivity contribution in [3.63, 3.8) is 0 Å². The molecule has 102 valence electrons. The van der Waals surface area contributed by atoms with Gasteiger partial charge in [0, 0.05) is 23.7 Å². The fraction of sp³-hybridized carbons (Fsp3) is 0.294. The van der Waals surface area contributed by atoms with E-state index >= 15 is 0 Å². The number of phenols is 2. The van der Waals surface area contributed by atoms with Crippen LogP contribution in [-0.4, -0.2) is 16.8 Å². The third kappa shape index (κ3) is 1.33. The number of aromatic hydroxyl groups is 2. The molecule has 3 heteroatoms. The molecule has 0 saturated carbocycles. The molecule has 2 aromatic carbocycles. The van der Waals surface area contributed by atoms with Gasteiger partial charge >= 0.3 is 0 Å². The van der Waals surface area contributed by atoms with Crippen LogP contribution in [0.15, 0.2) is 30.3 Å². The van der Waals surface area contributed by atoms with Crippen LogP contribution in [0.4, 0.5) is 0 Å². The number of phenolic OH excluding ortho intramolecular Hbond substituents is 2. The van der Waals surface area contributed by atoms with Crippen LogP contribution in [0.1, 0.15) is 35.1 Å². The van der Waals surface area contributed by atoms with Crippen molar-refractivity contribution in [2.45, 2.75) is 25.4 Å². The fourth-order valence-electron chi connectivity index (χ4n) is 3.69. The Morgan fingerprint density at radius 2 is 1.80 bits per heavy atom. The quantitative estimate of drug-likeness (QED) is 0.776. The van der Waals surface area contributed by atoms with Crippen LogP contribution in [-0.2, 0) is 4.74 Å². The summed E-state index contributed by atoms with van der Waals surface area (Å²) in [5.74, 6) is 0.341. The Balaban J connectivity index is 1.99. The van der Waals surface area contributed by atoms with Gasteiger partial charge in [0.2, 0.25) is 0 Å². The molecule has 2 atom stereocenters. The van der Waals surface area contributed by atoms with Gasteiger partial charge in [-0.05, 0) is 30.0 Å². The first-order chi connectivity index (χ1) is 9.70. The minimum Gasteiger partial charge on any atom is -0.504 e. The SMILES string of the molecule is Cc1c(-c2ccccc2)c(O)c(O)c2c1C1CCOC21. The highest BCUT2D eigenvalue weighted by Crippen LogP contribution is 2.61. The Kier molecular flexibility index (Phi) is 2.36. The predicted octanol–water partition coefficient (Wildman–Crippen LogP) is 3.63. The molecule has 2 N–H and O–H groups in total. The molecule has 2 aliphatic rings. The van der Waals surface area contributed by atoms with Crippen molar-refractivity contribution in [2.24, 2.45) is 0 Å². The van der Waals surface area contributed by atoms with Gasteiger partial charge in [0.15, 0.2) is 11.5 Å². The summed E-state index contributed by atoms with van der Waals surface area (Å²) < 4.78 is 5.64. The van der Waals surface area contributed by atoms with Crippen LogP contribution >= 0.6 is 0 Å². The van der Waals surface area contributed by atoms with E-state index in [1.54, 1.807) is 0 Å². The van der Waals surface area contributed by atoms with E-state index in [2.05, 4.69) is 0 Å². The van der Waals surface area contributed by atoms with E-state index in [0.717, 1.165) is 35.3 Å². The largest absolute Gasteiger partial charge is 0.504 e. The zero-order chi connectivity index (χ0) is 13.9. The second kappa shape index (κ2) is 4.00. The number of hydrogen-bond acceptors (Lipinski definition) is 3. The molecular formula is C17H16O3. The van der Waals surface area contributed by atoms with Crippen molar-refractivity contribution in [1.29, 1.82) is 0 Å². The monoisotopic (exact) mass is 268 g/mol. The summed E-state index contributed by atoms with van der Waals surface area (Å²) >= 11 is 0. The molecule has 2 aromatic rings. The molecule has 20 heavy (non-hydrogen) atoms. The Bertz CT molecular complexity index is 691. The maximum absolute atomic E-state index is 10.4. The van der Waals surface area contributed by atoms with Crippen LogP contribution in [0.5, 0.6) is 11.5 Å². The zero-order valence-corrected chi connectivity index (χ0v) is 11.3. The lowest BCUT2D eigenvalue weighted by Crippen LogP contribution is -2.22. The van der Waals surface area contributed by atoms with Crippen LogP contribution in [0.25, 0.3) is 11.1 Å². The molecule has 1 saturated heterocycles. The van der Waals surface area contributed by atoms with E-state index < -0.39 is 0 Å². The minimum absolute atomic E-state index is 0.00685. The van der Waals surface area contributed by atoms with E-state index in [9.17, 15) is 10.2 Å². The number of rotatable bonds is 1. The molecule has 3 nitrogen and oxygen atoms in total. The van der Waals surface area contributed by atoms with Gasteiger partial charge in [0.1, 0.15) is 0 Å². The van der Waals surface area contributed by atoms with Crippen molar-refractivity contribution >= 4 is 0 Å². The highest BCUT2D eigenvalue weighted by atomic mass is 16.5. The lowest BCUT2D eigenvalue weighted by atomic mass is 9.70. The highest BCUT2D eigenvalue weighted by molar-refractivity contribution is 5.81. The van der Waals surface area contributed by atoms with Gasteiger partial charge in [-0.3, -0.25) is 0 Å². The minimum atomic E-state index is -0.0283. The molecule has 1 aliphatic carbocycles. The molecule has 0 radical (unpaired) electrons. The summed E-state index contributed by atoms with van der Waals surface area (Å²) in [6.45, 7) is 2.75. The van der Waals surface area contributed by atoms with E-state index in [1.807, 2.05) is 37.3 Å². The average Bonchev–Trinajstić information content (AvgIpc) is 2.83. The first-order valence-corrected chi connectivity index (χ1v) is 6.95. The second-order valence-electron chi connectivity index (χ2n) is 5.58. The van der Waals surface area contributed by atoms with Gasteiger partial charge in [-0.25, -0.2) is 0 Å². The van der Waals surface area contributed by atoms with Gasteiger partial charge in [-0.2, -0.15) is 0 Å². The molecule has 0 aromatic heterocycles. The van der Waals surface area contributed by atoms with Gasteiger partial charge in [0.25, 0.3) is 0 Å². The van der Waals surface area contributed by atoms with Gasteiger partial charge in [-0.1, -0.05) is 30.3 Å². The van der Waals surface area contributed by atoms with Crippen LogP contribution in [0.2, 0.25) is 0 Å². The standard InChI is InChI=1S/C17H16O3/c1-9-12(10-5-3-2-4-6-10)15(18)16(19)14-13(9)11-7-8-20-17(11)14/h2-6,11,17-19H,7-8H2,1H3. The van der Waals surface area contributed by atoms with Crippen LogP contribution < -0.4 is 0 Å². The van der Waals surface area contributed by atoms with Gasteiger partial charge < -0.3 is 14.9 Å². The molecule has 1 heterocycles. The topological polar surface area (TPSA) is 49.7 Å². The molecule has 0 spiro atoms. The summed E-state index contributed by atoms with van der Waals surface area (Å²) in [5, 5.41) is 20.7. The zero-order valence-electron chi connectivity index (χ0n) is 11.3. The molecule has 1 aliphatic heterocycles. The van der Waals surface area contributed by atoms with Crippen molar-refractivity contribution in [1.82, 2.24) is 0 Å². The number of ether oxygens (including phenoxy) is 1. The number of benzene rings is 2. The first-order valence-electron chi connectivity index (χ1n) is 6.95. The molecule has 1 fully saturated rings. The Hall–Kier alpha value is -2.00. The summed E-state index contributed by atoms with van der Waals surface area (Å²) in [6.07, 6.45) is 0.969. The Morgan fingerprint density at radius 1 is 1.05 bits per heavy atom. The molecular weight excluding hydrogens is 252 g/mol. The summed E-state index contributed by atoms with van der Waals surface area (Å²) in [5.41, 5.74) is 4.70. The third-order valence-electron chi connectivity index (χ3n) is 4.59. The molecule has 4 rings (SSSR count). The van der Waals surface area contributed by atoms with E-state index in [0.29, 0.717) is 5.92 Å². The maximum Gasteiger partial charge on any atom is 0.166 e. The first kappa shape index (κ1) is 11.8. The second-order valence-corrected chi connectivity index (χ2v) is 5.58. The van der Waals surface area contributed by atoms with Crippen LogP contribution in [0.3, 0.4) is 0 Å². The van der Waals surface area contributed by atoms with Gasteiger partial charge in [0.05, 0.1) is 6.10 Å².